The molecule has 138 valence electrons. The van der Waals surface area contributed by atoms with Crippen LogP contribution in [0.15, 0.2) is 0 Å². The minimum Gasteiger partial charge on any atom is -0.411 e. The molecule has 0 bridgehead atoms. The van der Waals surface area contributed by atoms with Crippen molar-refractivity contribution in [2.45, 2.75) is 110 Å². The molecule has 0 aromatic rings. The Balaban J connectivity index is 2.97. The van der Waals surface area contributed by atoms with Crippen LogP contribution in [0.4, 0.5) is 0 Å². The van der Waals surface area contributed by atoms with Gasteiger partial charge in [0.05, 0.1) is 12.2 Å². The Morgan fingerprint density at radius 3 is 1.48 bits per heavy atom. The first-order valence-corrected chi connectivity index (χ1v) is 15.3. The molecule has 2 nitrogen and oxygen atoms in total. The quantitative estimate of drug-likeness (QED) is 0.418. The minimum atomic E-state index is -1.57. The maximum absolute atomic E-state index is 6.96. The van der Waals surface area contributed by atoms with E-state index < -0.39 is 16.6 Å². The van der Waals surface area contributed by atoms with E-state index in [-0.39, 0.29) is 0 Å². The van der Waals surface area contributed by atoms with Crippen molar-refractivity contribution in [2.75, 3.05) is 0 Å². The van der Waals surface area contributed by atoms with Crippen LogP contribution in [0.2, 0.25) is 36.3 Å². The summed E-state index contributed by atoms with van der Waals surface area (Å²) in [4.78, 5) is 0. The van der Waals surface area contributed by atoms with Crippen LogP contribution in [-0.4, -0.2) is 28.8 Å². The van der Waals surface area contributed by atoms with Crippen LogP contribution in [0.3, 0.4) is 0 Å². The third-order valence-corrected chi connectivity index (χ3v) is 16.3. The Hall–Kier alpha value is 0.354. The molecule has 1 fully saturated rings. The van der Waals surface area contributed by atoms with E-state index in [1.54, 1.807) is 0 Å². The summed E-state index contributed by atoms with van der Waals surface area (Å²) in [5.41, 5.74) is 0. The predicted molar refractivity (Wildman–Crippen MR) is 107 cm³/mol. The zero-order valence-corrected chi connectivity index (χ0v) is 19.1. The summed E-state index contributed by atoms with van der Waals surface area (Å²) < 4.78 is 13.9. The molecule has 4 atom stereocenters. The zero-order chi connectivity index (χ0) is 17.7. The van der Waals surface area contributed by atoms with Crippen LogP contribution >= 0.6 is 0 Å². The van der Waals surface area contributed by atoms with Gasteiger partial charge < -0.3 is 8.85 Å². The van der Waals surface area contributed by atoms with Crippen molar-refractivity contribution in [1.82, 2.24) is 0 Å². The highest BCUT2D eigenvalue weighted by Gasteiger charge is 2.46. The maximum atomic E-state index is 6.96. The molecule has 0 aromatic carbocycles. The molecular formula is C19H42O2Si2. The van der Waals surface area contributed by atoms with Crippen molar-refractivity contribution in [3.05, 3.63) is 0 Å². The van der Waals surface area contributed by atoms with Crippen molar-refractivity contribution in [3.63, 3.8) is 0 Å². The lowest BCUT2D eigenvalue weighted by Crippen LogP contribution is -2.48. The average Bonchev–Trinajstić information content (AvgIpc) is 2.84. The smallest absolute Gasteiger partial charge is 0.192 e. The first-order chi connectivity index (χ1) is 10.9. The second kappa shape index (κ2) is 9.16. The summed E-state index contributed by atoms with van der Waals surface area (Å²) in [6.07, 6.45) is 1.89. The Labute approximate surface area is 148 Å². The van der Waals surface area contributed by atoms with Crippen molar-refractivity contribution >= 4 is 16.6 Å². The number of hydrogen-bond donors (Lipinski definition) is 0. The van der Waals surface area contributed by atoms with Crippen LogP contribution < -0.4 is 0 Å². The largest absolute Gasteiger partial charge is 0.411 e. The second-order valence-electron chi connectivity index (χ2n) is 7.80. The maximum Gasteiger partial charge on any atom is 0.192 e. The molecule has 0 spiro atoms. The molecular weight excluding hydrogens is 316 g/mol. The van der Waals surface area contributed by atoms with Crippen molar-refractivity contribution in [1.29, 1.82) is 0 Å². The topological polar surface area (TPSA) is 18.5 Å². The standard InChI is InChI=1S/C19H42O2Si2/c1-9-22(10-2,11-3)20-18-15-16(7)17(8)19(18)21-23(12-4,13-5)14-6/h16-19H,9-15H2,1-8H3. The Kier molecular flexibility index (Phi) is 8.52. The van der Waals surface area contributed by atoms with Crippen LogP contribution in [0, 0.1) is 11.8 Å². The summed E-state index contributed by atoms with van der Waals surface area (Å²) in [5.74, 6) is 1.35. The fraction of sp³-hybridized carbons (Fsp3) is 1.00. The molecule has 4 unspecified atom stereocenters. The highest BCUT2D eigenvalue weighted by molar-refractivity contribution is 6.74. The highest BCUT2D eigenvalue weighted by Crippen LogP contribution is 2.41. The third kappa shape index (κ3) is 4.71. The number of rotatable bonds is 10. The van der Waals surface area contributed by atoms with E-state index in [9.17, 15) is 0 Å². The Morgan fingerprint density at radius 1 is 0.696 bits per heavy atom. The molecule has 0 aliphatic heterocycles. The van der Waals surface area contributed by atoms with Crippen molar-refractivity contribution < 1.29 is 8.85 Å². The Morgan fingerprint density at radius 2 is 1.09 bits per heavy atom. The van der Waals surface area contributed by atoms with Gasteiger partial charge in [-0.2, -0.15) is 0 Å². The van der Waals surface area contributed by atoms with Gasteiger partial charge in [-0.05, 0) is 54.5 Å². The first kappa shape index (κ1) is 21.4. The first-order valence-electron chi connectivity index (χ1n) is 10.2. The molecule has 0 saturated heterocycles. The zero-order valence-electron chi connectivity index (χ0n) is 17.1. The van der Waals surface area contributed by atoms with Crippen LogP contribution in [0.25, 0.3) is 0 Å². The number of hydrogen-bond acceptors (Lipinski definition) is 2. The second-order valence-corrected chi connectivity index (χ2v) is 17.2. The van der Waals surface area contributed by atoms with E-state index in [0.717, 1.165) is 5.92 Å². The van der Waals surface area contributed by atoms with Crippen molar-refractivity contribution in [3.8, 4) is 0 Å². The van der Waals surface area contributed by atoms with Crippen LogP contribution in [-0.2, 0) is 8.85 Å². The summed E-state index contributed by atoms with van der Waals surface area (Å²) in [5, 5.41) is 0. The molecule has 1 saturated carbocycles. The van der Waals surface area contributed by atoms with Gasteiger partial charge in [0.2, 0.25) is 0 Å². The molecule has 0 aromatic heterocycles. The lowest BCUT2D eigenvalue weighted by Gasteiger charge is -2.39. The molecule has 0 heterocycles. The fourth-order valence-corrected chi connectivity index (χ4v) is 10.1. The average molecular weight is 359 g/mol. The molecule has 4 heteroatoms. The lowest BCUT2D eigenvalue weighted by molar-refractivity contribution is 0.0417. The summed E-state index contributed by atoms with van der Waals surface area (Å²) in [6.45, 7) is 18.8. The normalized spacial score (nSPS) is 29.2. The van der Waals surface area contributed by atoms with Gasteiger partial charge >= 0.3 is 0 Å². The van der Waals surface area contributed by atoms with E-state index >= 15 is 0 Å². The van der Waals surface area contributed by atoms with Gasteiger partial charge in [0, 0.05) is 0 Å². The van der Waals surface area contributed by atoms with Crippen LogP contribution in [0.5, 0.6) is 0 Å². The van der Waals surface area contributed by atoms with Gasteiger partial charge in [-0.3, -0.25) is 0 Å². The SMILES string of the molecule is CC[Si](CC)(CC)OC1CC(C)C(C)C1O[Si](CC)(CC)CC. The van der Waals surface area contributed by atoms with Gasteiger partial charge in [0.1, 0.15) is 0 Å². The molecule has 0 N–H and O–H groups in total. The van der Waals surface area contributed by atoms with Gasteiger partial charge in [-0.25, -0.2) is 0 Å². The molecule has 0 amide bonds. The molecule has 1 aliphatic carbocycles. The molecule has 0 radical (unpaired) electrons. The highest BCUT2D eigenvalue weighted by atomic mass is 28.4. The Bertz CT molecular complexity index is 324. The molecule has 1 aliphatic rings. The van der Waals surface area contributed by atoms with Gasteiger partial charge in [-0.1, -0.05) is 55.4 Å². The molecule has 1 rings (SSSR count). The fourth-order valence-electron chi connectivity index (χ4n) is 4.29. The van der Waals surface area contributed by atoms with Gasteiger partial charge in [0.25, 0.3) is 0 Å². The van der Waals surface area contributed by atoms with E-state index in [0.29, 0.717) is 18.1 Å². The monoisotopic (exact) mass is 358 g/mol. The summed E-state index contributed by atoms with van der Waals surface area (Å²) in [7, 11) is -3.12. The van der Waals surface area contributed by atoms with E-state index in [1.807, 2.05) is 0 Å². The summed E-state index contributed by atoms with van der Waals surface area (Å²) in [6, 6.07) is 7.43. The van der Waals surface area contributed by atoms with Crippen molar-refractivity contribution in [2.24, 2.45) is 11.8 Å². The predicted octanol–water partition coefficient (Wildman–Crippen LogP) is 6.44. The van der Waals surface area contributed by atoms with Gasteiger partial charge in [-0.15, -0.1) is 0 Å². The van der Waals surface area contributed by atoms with E-state index in [1.165, 1.54) is 42.7 Å². The molecule has 23 heavy (non-hydrogen) atoms. The lowest BCUT2D eigenvalue weighted by atomic mass is 9.99. The van der Waals surface area contributed by atoms with Gasteiger partial charge in [0.15, 0.2) is 16.6 Å². The van der Waals surface area contributed by atoms with E-state index in [4.69, 9.17) is 8.85 Å². The van der Waals surface area contributed by atoms with E-state index in [2.05, 4.69) is 55.4 Å². The third-order valence-electron chi connectivity index (χ3n) is 7.04. The summed E-state index contributed by atoms with van der Waals surface area (Å²) >= 11 is 0. The minimum absolute atomic E-state index is 0.341. The van der Waals surface area contributed by atoms with Crippen LogP contribution in [0.1, 0.15) is 61.8 Å².